The first-order valence-electron chi connectivity index (χ1n) is 6.10. The molecule has 0 radical (unpaired) electrons. The lowest BCUT2D eigenvalue weighted by Gasteiger charge is -2.14. The predicted octanol–water partition coefficient (Wildman–Crippen LogP) is 2.09. The minimum Gasteiger partial charge on any atom is -0.465 e. The van der Waals surface area contributed by atoms with E-state index in [4.69, 9.17) is 9.47 Å². The number of carbonyl (C=O) groups excluding carboxylic acids is 2. The summed E-state index contributed by atoms with van der Waals surface area (Å²) in [6, 6.07) is 0. The first kappa shape index (κ1) is 13.7. The summed E-state index contributed by atoms with van der Waals surface area (Å²) >= 11 is 0. The molecule has 0 fully saturated rings. The van der Waals surface area contributed by atoms with Gasteiger partial charge in [0.1, 0.15) is 0 Å². The van der Waals surface area contributed by atoms with Crippen molar-refractivity contribution in [3.05, 3.63) is 11.6 Å². The van der Waals surface area contributed by atoms with Crippen LogP contribution in [0.15, 0.2) is 11.6 Å². The van der Waals surface area contributed by atoms with Gasteiger partial charge in [0.2, 0.25) is 0 Å². The molecule has 4 heteroatoms. The third-order valence-corrected chi connectivity index (χ3v) is 2.55. The molecule has 1 atom stereocenters. The Morgan fingerprint density at radius 2 is 2.12 bits per heavy atom. The van der Waals surface area contributed by atoms with Gasteiger partial charge in [0.25, 0.3) is 0 Å². The predicted molar refractivity (Wildman–Crippen MR) is 63.2 cm³/mol. The number of carbonyl (C=O) groups is 2. The van der Waals surface area contributed by atoms with Crippen molar-refractivity contribution < 1.29 is 19.1 Å². The summed E-state index contributed by atoms with van der Waals surface area (Å²) in [5.74, 6) is -0.838. The molecule has 0 spiro atoms. The second kappa shape index (κ2) is 6.42. The first-order valence-corrected chi connectivity index (χ1v) is 6.10. The number of allylic oxidation sites excluding steroid dienone is 1. The number of ether oxygens (including phenoxy) is 2. The second-order valence-electron chi connectivity index (χ2n) is 4.53. The van der Waals surface area contributed by atoms with Crippen molar-refractivity contribution in [2.24, 2.45) is 11.8 Å². The Morgan fingerprint density at radius 3 is 2.71 bits per heavy atom. The summed E-state index contributed by atoms with van der Waals surface area (Å²) in [7, 11) is 0. The van der Waals surface area contributed by atoms with E-state index in [1.165, 1.54) is 0 Å². The van der Waals surface area contributed by atoms with Crippen molar-refractivity contribution in [2.75, 3.05) is 13.2 Å². The van der Waals surface area contributed by atoms with E-state index in [-0.39, 0.29) is 5.97 Å². The van der Waals surface area contributed by atoms with Gasteiger partial charge in [-0.2, -0.15) is 0 Å². The van der Waals surface area contributed by atoms with Crippen LogP contribution >= 0.6 is 0 Å². The van der Waals surface area contributed by atoms with Gasteiger partial charge in [-0.25, -0.2) is 4.79 Å². The van der Waals surface area contributed by atoms with Gasteiger partial charge < -0.3 is 9.47 Å². The quantitative estimate of drug-likeness (QED) is 0.690. The summed E-state index contributed by atoms with van der Waals surface area (Å²) in [5.41, 5.74) is 0.459. The molecule has 96 valence electrons. The van der Waals surface area contributed by atoms with Crippen LogP contribution in [0.3, 0.4) is 0 Å². The molecule has 0 heterocycles. The van der Waals surface area contributed by atoms with Gasteiger partial charge in [-0.1, -0.05) is 19.9 Å². The van der Waals surface area contributed by atoms with Crippen molar-refractivity contribution in [1.29, 1.82) is 0 Å². The molecule has 4 nitrogen and oxygen atoms in total. The van der Waals surface area contributed by atoms with Crippen LogP contribution in [0.4, 0.5) is 0 Å². The third kappa shape index (κ3) is 3.88. The minimum absolute atomic E-state index is 0.301. The molecule has 0 aromatic heterocycles. The lowest BCUT2D eigenvalue weighted by Crippen LogP contribution is -2.23. The van der Waals surface area contributed by atoms with Crippen molar-refractivity contribution in [2.45, 2.75) is 33.6 Å². The molecule has 17 heavy (non-hydrogen) atoms. The Labute approximate surface area is 102 Å². The van der Waals surface area contributed by atoms with Crippen molar-refractivity contribution in [3.63, 3.8) is 0 Å². The van der Waals surface area contributed by atoms with Gasteiger partial charge in [0, 0.05) is 5.57 Å². The van der Waals surface area contributed by atoms with Gasteiger partial charge in [0.05, 0.1) is 19.1 Å². The smallest absolute Gasteiger partial charge is 0.334 e. The van der Waals surface area contributed by atoms with E-state index in [1.54, 1.807) is 13.0 Å². The van der Waals surface area contributed by atoms with E-state index < -0.39 is 11.9 Å². The van der Waals surface area contributed by atoms with Crippen molar-refractivity contribution in [3.8, 4) is 0 Å². The van der Waals surface area contributed by atoms with E-state index in [0.717, 1.165) is 6.42 Å². The third-order valence-electron chi connectivity index (χ3n) is 2.55. The topological polar surface area (TPSA) is 52.6 Å². The summed E-state index contributed by atoms with van der Waals surface area (Å²) in [6.45, 7) is 6.42. The van der Waals surface area contributed by atoms with Crippen LogP contribution in [0.1, 0.15) is 33.6 Å². The van der Waals surface area contributed by atoms with Crippen LogP contribution in [-0.2, 0) is 19.1 Å². The van der Waals surface area contributed by atoms with E-state index in [2.05, 4.69) is 0 Å². The molecule has 0 aliphatic heterocycles. The molecule has 0 bridgehead atoms. The average Bonchev–Trinajstić information content (AvgIpc) is 2.75. The molecule has 0 saturated carbocycles. The molecule has 0 N–H and O–H groups in total. The van der Waals surface area contributed by atoms with Crippen molar-refractivity contribution >= 4 is 11.9 Å². The zero-order valence-electron chi connectivity index (χ0n) is 10.7. The maximum atomic E-state index is 11.8. The lowest BCUT2D eigenvalue weighted by molar-refractivity contribution is -0.151. The number of hydrogen-bond acceptors (Lipinski definition) is 4. The Morgan fingerprint density at radius 1 is 1.41 bits per heavy atom. The second-order valence-corrected chi connectivity index (χ2v) is 4.53. The molecule has 1 aliphatic carbocycles. The highest BCUT2D eigenvalue weighted by molar-refractivity contribution is 5.96. The largest absolute Gasteiger partial charge is 0.465 e. The SMILES string of the molecule is CCOC(=O)C1=CCC[C@H]1C(=O)OCC(C)C. The van der Waals surface area contributed by atoms with Crippen LogP contribution in [-0.4, -0.2) is 25.2 Å². The highest BCUT2D eigenvalue weighted by Crippen LogP contribution is 2.28. The van der Waals surface area contributed by atoms with Gasteiger partial charge in [-0.3, -0.25) is 4.79 Å². The van der Waals surface area contributed by atoms with Crippen LogP contribution in [0.2, 0.25) is 0 Å². The molecular formula is C13H20O4. The average molecular weight is 240 g/mol. The number of esters is 2. The fourth-order valence-corrected chi connectivity index (χ4v) is 1.74. The Hall–Kier alpha value is -1.32. The maximum absolute atomic E-state index is 11.8. The standard InChI is InChI=1S/C13H20O4/c1-4-16-12(14)10-6-5-7-11(10)13(15)17-8-9(2)3/h6,9,11H,4-5,7-8H2,1-3H3/t11-/m1/s1. The monoisotopic (exact) mass is 240 g/mol. The highest BCUT2D eigenvalue weighted by Gasteiger charge is 2.32. The Balaban J connectivity index is 2.56. The van der Waals surface area contributed by atoms with Crippen LogP contribution in [0.25, 0.3) is 0 Å². The fourth-order valence-electron chi connectivity index (χ4n) is 1.74. The first-order chi connectivity index (χ1) is 8.06. The van der Waals surface area contributed by atoms with Crippen LogP contribution in [0, 0.1) is 11.8 Å². The van der Waals surface area contributed by atoms with E-state index >= 15 is 0 Å². The van der Waals surface area contributed by atoms with E-state index in [1.807, 2.05) is 13.8 Å². The molecule has 1 rings (SSSR count). The molecule has 1 aliphatic rings. The minimum atomic E-state index is -0.437. The van der Waals surface area contributed by atoms with Crippen molar-refractivity contribution in [1.82, 2.24) is 0 Å². The zero-order chi connectivity index (χ0) is 12.8. The Bertz CT molecular complexity index is 317. The Kier molecular flexibility index (Phi) is 5.19. The van der Waals surface area contributed by atoms with Crippen LogP contribution < -0.4 is 0 Å². The van der Waals surface area contributed by atoms with Crippen LogP contribution in [0.5, 0.6) is 0 Å². The summed E-state index contributed by atoms with van der Waals surface area (Å²) in [4.78, 5) is 23.4. The number of hydrogen-bond donors (Lipinski definition) is 0. The normalized spacial score (nSPS) is 19.1. The number of rotatable bonds is 5. The molecule has 0 unspecified atom stereocenters. The summed E-state index contributed by atoms with van der Waals surface area (Å²) < 4.78 is 10.1. The lowest BCUT2D eigenvalue weighted by atomic mass is 10.0. The van der Waals surface area contributed by atoms with Gasteiger partial charge in [-0.05, 0) is 25.7 Å². The van der Waals surface area contributed by atoms with E-state index in [0.29, 0.717) is 31.1 Å². The summed E-state index contributed by atoms with van der Waals surface area (Å²) in [5, 5.41) is 0. The zero-order valence-corrected chi connectivity index (χ0v) is 10.7. The molecule has 0 saturated heterocycles. The van der Waals surface area contributed by atoms with Gasteiger partial charge in [-0.15, -0.1) is 0 Å². The highest BCUT2D eigenvalue weighted by atomic mass is 16.5. The molecule has 0 aromatic carbocycles. The van der Waals surface area contributed by atoms with E-state index in [9.17, 15) is 9.59 Å². The fraction of sp³-hybridized carbons (Fsp3) is 0.692. The molecular weight excluding hydrogens is 220 g/mol. The maximum Gasteiger partial charge on any atom is 0.334 e. The van der Waals surface area contributed by atoms with Gasteiger partial charge in [0.15, 0.2) is 0 Å². The summed E-state index contributed by atoms with van der Waals surface area (Å²) in [6.07, 6.45) is 3.15. The molecule has 0 amide bonds. The van der Waals surface area contributed by atoms with Gasteiger partial charge >= 0.3 is 11.9 Å². The molecule has 0 aromatic rings.